The van der Waals surface area contributed by atoms with Crippen molar-refractivity contribution < 1.29 is 32.9 Å². The summed E-state index contributed by atoms with van der Waals surface area (Å²) in [5.41, 5.74) is 0. The van der Waals surface area contributed by atoms with Crippen molar-refractivity contribution in [3.05, 3.63) is 24.3 Å². The Bertz CT molecular complexity index is 907. The van der Waals surface area contributed by atoms with Crippen molar-refractivity contribution in [1.29, 1.82) is 0 Å². The fraction of sp³-hybridized carbons (Fsp3) is 0.884. The molecule has 1 unspecified atom stereocenters. The molecule has 308 valence electrons. The maximum atomic E-state index is 12.8. The van der Waals surface area contributed by atoms with Crippen molar-refractivity contribution in [2.24, 2.45) is 0 Å². The third-order valence-corrected chi connectivity index (χ3v) is 10.6. The standard InChI is InChI=1S/C43H85N2O6P/c1-6-8-10-12-14-16-18-20-22-23-25-27-29-31-33-35-37-43(47)44-41(40-51-52(48,49)50-39-38-45(3,4)5)42(46)36-34-32-30-28-26-24-21-19-17-15-13-11-9-7-2/h26,28,34,36,41-42,46H,6-25,27,29-33,35,37-40H2,1-5H3,(H-,44,47,48,49)/b28-26+,36-34+/t41-,42+/m0/s1. The number of allylic oxidation sites excluding steroid dienone is 3. The number of aliphatic hydroxyl groups excluding tert-OH is 1. The zero-order valence-corrected chi connectivity index (χ0v) is 35.7. The van der Waals surface area contributed by atoms with Gasteiger partial charge >= 0.3 is 0 Å². The summed E-state index contributed by atoms with van der Waals surface area (Å²) in [7, 11) is 1.25. The lowest BCUT2D eigenvalue weighted by Crippen LogP contribution is -2.45. The molecule has 0 aliphatic rings. The molecule has 0 aromatic heterocycles. The summed E-state index contributed by atoms with van der Waals surface area (Å²) in [4.78, 5) is 25.2. The lowest BCUT2D eigenvalue weighted by Gasteiger charge is -2.29. The normalized spacial score (nSPS) is 14.7. The van der Waals surface area contributed by atoms with Gasteiger partial charge in [0.05, 0.1) is 39.9 Å². The van der Waals surface area contributed by atoms with Gasteiger partial charge in [-0.25, -0.2) is 0 Å². The van der Waals surface area contributed by atoms with E-state index in [0.29, 0.717) is 17.4 Å². The van der Waals surface area contributed by atoms with Gasteiger partial charge in [-0.2, -0.15) is 0 Å². The van der Waals surface area contributed by atoms with Crippen LogP contribution in [0.2, 0.25) is 0 Å². The lowest BCUT2D eigenvalue weighted by molar-refractivity contribution is -0.870. The molecule has 0 fully saturated rings. The number of amides is 1. The smallest absolute Gasteiger partial charge is 0.268 e. The van der Waals surface area contributed by atoms with Crippen molar-refractivity contribution in [3.8, 4) is 0 Å². The van der Waals surface area contributed by atoms with E-state index in [4.69, 9.17) is 9.05 Å². The van der Waals surface area contributed by atoms with E-state index in [9.17, 15) is 19.4 Å². The second kappa shape index (κ2) is 35.7. The van der Waals surface area contributed by atoms with Crippen LogP contribution >= 0.6 is 7.82 Å². The molecule has 0 aliphatic carbocycles. The van der Waals surface area contributed by atoms with Crippen molar-refractivity contribution in [3.63, 3.8) is 0 Å². The average Bonchev–Trinajstić information content (AvgIpc) is 3.09. The minimum absolute atomic E-state index is 0.00439. The second-order valence-electron chi connectivity index (χ2n) is 16.0. The van der Waals surface area contributed by atoms with Crippen LogP contribution < -0.4 is 10.2 Å². The van der Waals surface area contributed by atoms with Gasteiger partial charge in [-0.05, 0) is 32.1 Å². The zero-order valence-electron chi connectivity index (χ0n) is 34.8. The van der Waals surface area contributed by atoms with Crippen LogP contribution in [-0.2, 0) is 18.4 Å². The van der Waals surface area contributed by atoms with Crippen LogP contribution in [0.4, 0.5) is 0 Å². The fourth-order valence-electron chi connectivity index (χ4n) is 6.17. The summed E-state index contributed by atoms with van der Waals surface area (Å²) in [5, 5.41) is 13.7. The topological polar surface area (TPSA) is 108 Å². The van der Waals surface area contributed by atoms with Crippen molar-refractivity contribution in [2.45, 2.75) is 206 Å². The zero-order chi connectivity index (χ0) is 38.6. The van der Waals surface area contributed by atoms with Crippen LogP contribution in [0.25, 0.3) is 0 Å². The molecule has 8 nitrogen and oxygen atoms in total. The first kappa shape index (κ1) is 51.0. The molecule has 0 spiro atoms. The number of rotatable bonds is 39. The summed E-state index contributed by atoms with van der Waals surface area (Å²) in [6.07, 6.45) is 40.8. The highest BCUT2D eigenvalue weighted by Crippen LogP contribution is 2.38. The molecule has 0 aromatic rings. The molecular weight excluding hydrogens is 671 g/mol. The summed E-state index contributed by atoms with van der Waals surface area (Å²) in [6, 6.07) is -0.897. The number of quaternary nitrogens is 1. The van der Waals surface area contributed by atoms with E-state index in [1.165, 1.54) is 135 Å². The monoisotopic (exact) mass is 757 g/mol. The number of hydrogen-bond acceptors (Lipinski definition) is 6. The van der Waals surface area contributed by atoms with Crippen molar-refractivity contribution in [1.82, 2.24) is 5.32 Å². The molecule has 0 saturated heterocycles. The molecule has 52 heavy (non-hydrogen) atoms. The van der Waals surface area contributed by atoms with E-state index in [2.05, 4.69) is 31.3 Å². The molecule has 1 amide bonds. The van der Waals surface area contributed by atoms with Gasteiger partial charge < -0.3 is 28.8 Å². The number of phosphoric ester groups is 1. The number of hydrogen-bond donors (Lipinski definition) is 2. The molecular formula is C43H85N2O6P. The SMILES string of the molecule is CCCCCCCCCC/C=C/CC/C=C/[C@@H](O)[C@H](COP(=O)([O-])OCC[N+](C)(C)C)NC(=O)CCCCCCCCCCCCCCCCCC. The predicted molar refractivity (Wildman–Crippen MR) is 219 cm³/mol. The van der Waals surface area contributed by atoms with Crippen LogP contribution in [0.1, 0.15) is 194 Å². The first-order valence-corrected chi connectivity index (χ1v) is 23.2. The van der Waals surface area contributed by atoms with Gasteiger partial charge in [-0.3, -0.25) is 9.36 Å². The molecule has 0 heterocycles. The summed E-state index contributed by atoms with van der Waals surface area (Å²) >= 11 is 0. The van der Waals surface area contributed by atoms with Gasteiger partial charge in [-0.1, -0.05) is 179 Å². The quantitative estimate of drug-likeness (QED) is 0.0280. The van der Waals surface area contributed by atoms with E-state index in [1.807, 2.05) is 27.2 Å². The van der Waals surface area contributed by atoms with E-state index in [0.717, 1.165) is 38.5 Å². The Balaban J connectivity index is 4.47. The van der Waals surface area contributed by atoms with Gasteiger partial charge in [0.25, 0.3) is 7.82 Å². The van der Waals surface area contributed by atoms with Crippen molar-refractivity contribution in [2.75, 3.05) is 40.9 Å². The molecule has 0 aromatic carbocycles. The predicted octanol–water partition coefficient (Wildman–Crippen LogP) is 11.1. The molecule has 0 saturated carbocycles. The minimum Gasteiger partial charge on any atom is -0.756 e. The van der Waals surface area contributed by atoms with Crippen LogP contribution in [0.3, 0.4) is 0 Å². The Morgan fingerprint density at radius 2 is 1.08 bits per heavy atom. The fourth-order valence-corrected chi connectivity index (χ4v) is 6.89. The van der Waals surface area contributed by atoms with Crippen LogP contribution in [-0.4, -0.2) is 68.5 Å². The van der Waals surface area contributed by atoms with E-state index in [-0.39, 0.29) is 19.1 Å². The minimum atomic E-state index is -4.59. The Labute approximate surface area is 322 Å². The van der Waals surface area contributed by atoms with Gasteiger partial charge in [0.15, 0.2) is 0 Å². The number of carbonyl (C=O) groups is 1. The maximum absolute atomic E-state index is 12.8. The van der Waals surface area contributed by atoms with Crippen molar-refractivity contribution >= 4 is 13.7 Å². The lowest BCUT2D eigenvalue weighted by atomic mass is 10.0. The summed E-state index contributed by atoms with van der Waals surface area (Å²) in [5.74, 6) is -0.206. The molecule has 0 bridgehead atoms. The van der Waals surface area contributed by atoms with Gasteiger partial charge in [0, 0.05) is 6.42 Å². The number of nitrogens with zero attached hydrogens (tertiary/aromatic N) is 1. The molecule has 9 heteroatoms. The molecule has 0 aliphatic heterocycles. The Kier molecular flexibility index (Phi) is 35.0. The number of unbranched alkanes of at least 4 members (excludes halogenated alkanes) is 24. The summed E-state index contributed by atoms with van der Waals surface area (Å²) in [6.45, 7) is 4.62. The molecule has 0 rings (SSSR count). The third kappa shape index (κ3) is 37.3. The van der Waals surface area contributed by atoms with Crippen LogP contribution in [0.5, 0.6) is 0 Å². The number of aliphatic hydroxyl groups is 1. The van der Waals surface area contributed by atoms with E-state index in [1.54, 1.807) is 6.08 Å². The van der Waals surface area contributed by atoms with Crippen LogP contribution in [0, 0.1) is 0 Å². The highest BCUT2D eigenvalue weighted by Gasteiger charge is 2.23. The molecule has 0 radical (unpaired) electrons. The highest BCUT2D eigenvalue weighted by molar-refractivity contribution is 7.45. The van der Waals surface area contributed by atoms with Gasteiger partial charge in [0.2, 0.25) is 5.91 Å². The first-order chi connectivity index (χ1) is 25.0. The average molecular weight is 757 g/mol. The van der Waals surface area contributed by atoms with E-state index >= 15 is 0 Å². The molecule has 3 atom stereocenters. The summed E-state index contributed by atoms with van der Waals surface area (Å²) < 4.78 is 23.1. The Morgan fingerprint density at radius 1 is 0.654 bits per heavy atom. The number of nitrogens with one attached hydrogen (secondary N) is 1. The second-order valence-corrected chi connectivity index (χ2v) is 17.5. The third-order valence-electron chi connectivity index (χ3n) is 9.66. The van der Waals surface area contributed by atoms with Crippen LogP contribution in [0.15, 0.2) is 24.3 Å². The maximum Gasteiger partial charge on any atom is 0.268 e. The van der Waals surface area contributed by atoms with Gasteiger partial charge in [0.1, 0.15) is 13.2 Å². The number of phosphoric acid groups is 1. The largest absolute Gasteiger partial charge is 0.756 e. The molecule has 2 N–H and O–H groups in total. The van der Waals surface area contributed by atoms with Gasteiger partial charge in [-0.15, -0.1) is 0 Å². The van der Waals surface area contributed by atoms with E-state index < -0.39 is 20.0 Å². The number of carbonyl (C=O) groups excluding carboxylic acids is 1. The Hall–Kier alpha value is -1.02. The first-order valence-electron chi connectivity index (χ1n) is 21.7. The highest BCUT2D eigenvalue weighted by atomic mass is 31.2. The Morgan fingerprint density at radius 3 is 1.56 bits per heavy atom. The number of likely N-dealkylation sites (N-methyl/N-ethyl adjacent to an activating group) is 1.